The highest BCUT2D eigenvalue weighted by atomic mass is 16.5. The van der Waals surface area contributed by atoms with E-state index in [1.807, 2.05) is 18.2 Å². The van der Waals surface area contributed by atoms with Crippen LogP contribution in [0.2, 0.25) is 0 Å². The quantitative estimate of drug-likeness (QED) is 0.462. The van der Waals surface area contributed by atoms with Crippen LogP contribution in [0.15, 0.2) is 84.8 Å². The summed E-state index contributed by atoms with van der Waals surface area (Å²) in [7, 11) is 1.63. The van der Waals surface area contributed by atoms with E-state index >= 15 is 0 Å². The number of hydrogen-bond donors (Lipinski definition) is 0. The third-order valence-electron chi connectivity index (χ3n) is 4.05. The van der Waals surface area contributed by atoms with Gasteiger partial charge in [0.15, 0.2) is 0 Å². The Balaban J connectivity index is 1.56. The molecule has 5 nitrogen and oxygen atoms in total. The van der Waals surface area contributed by atoms with E-state index in [-0.39, 0.29) is 11.8 Å². The molecule has 132 valence electrons. The number of methoxy groups -OCH3 is 1. The molecule has 0 N–H and O–H groups in total. The van der Waals surface area contributed by atoms with Crippen molar-refractivity contribution < 1.29 is 19.1 Å². The van der Waals surface area contributed by atoms with E-state index in [0.29, 0.717) is 17.1 Å². The summed E-state index contributed by atoms with van der Waals surface area (Å²) in [5.74, 6) is 0.787. The van der Waals surface area contributed by atoms with Crippen LogP contribution in [0.4, 0.5) is 5.69 Å². The number of amides is 1. The Morgan fingerprint density at radius 2 is 2.00 bits per heavy atom. The molecule has 0 bridgehead atoms. The predicted octanol–water partition coefficient (Wildman–Crippen LogP) is 3.67. The Morgan fingerprint density at radius 3 is 2.58 bits per heavy atom. The maximum absolute atomic E-state index is 12.0. The molecule has 0 radical (unpaired) electrons. The summed E-state index contributed by atoms with van der Waals surface area (Å²) in [6, 6.07) is 6.72. The average Bonchev–Trinajstić information content (AvgIpc) is 2.99. The van der Waals surface area contributed by atoms with Gasteiger partial charge in [0.25, 0.3) is 5.91 Å². The van der Waals surface area contributed by atoms with E-state index in [0.717, 1.165) is 12.2 Å². The first-order valence-corrected chi connectivity index (χ1v) is 8.20. The normalized spacial score (nSPS) is 19.2. The van der Waals surface area contributed by atoms with Crippen LogP contribution in [0, 0.1) is 5.92 Å². The molecule has 0 spiro atoms. The second kappa shape index (κ2) is 7.70. The number of hydrogen-bond acceptors (Lipinski definition) is 4. The fourth-order valence-corrected chi connectivity index (χ4v) is 2.68. The molecule has 1 atom stereocenters. The number of ether oxygens (including phenoxy) is 2. The lowest BCUT2D eigenvalue weighted by atomic mass is 10.00. The SMILES string of the molecule is C=C1C=CC(=O)N1c1ccc(OC(=O)/C=C/C2C=CC(OC)=CC2)cc1. The number of esters is 1. The van der Waals surface area contributed by atoms with Gasteiger partial charge in [0.05, 0.1) is 7.11 Å². The summed E-state index contributed by atoms with van der Waals surface area (Å²) in [4.78, 5) is 25.2. The Kier molecular flexibility index (Phi) is 5.17. The fraction of sp³-hybridized carbons (Fsp3) is 0.143. The summed E-state index contributed by atoms with van der Waals surface area (Å²) < 4.78 is 10.4. The number of anilines is 1. The van der Waals surface area contributed by atoms with Crippen molar-refractivity contribution in [3.63, 3.8) is 0 Å². The molecule has 1 aliphatic carbocycles. The van der Waals surface area contributed by atoms with Crippen molar-refractivity contribution >= 4 is 17.6 Å². The predicted molar refractivity (Wildman–Crippen MR) is 99.3 cm³/mol. The topological polar surface area (TPSA) is 55.8 Å². The van der Waals surface area contributed by atoms with Gasteiger partial charge in [0.1, 0.15) is 11.5 Å². The zero-order valence-corrected chi connectivity index (χ0v) is 14.4. The van der Waals surface area contributed by atoms with Gasteiger partial charge >= 0.3 is 5.97 Å². The Morgan fingerprint density at radius 1 is 1.23 bits per heavy atom. The summed E-state index contributed by atoms with van der Waals surface area (Å²) >= 11 is 0. The van der Waals surface area contributed by atoms with E-state index < -0.39 is 5.97 Å². The highest BCUT2D eigenvalue weighted by molar-refractivity contribution is 6.07. The largest absolute Gasteiger partial charge is 0.497 e. The first-order chi connectivity index (χ1) is 12.6. The van der Waals surface area contributed by atoms with Gasteiger partial charge in [-0.15, -0.1) is 0 Å². The molecule has 26 heavy (non-hydrogen) atoms. The van der Waals surface area contributed by atoms with Gasteiger partial charge < -0.3 is 9.47 Å². The molecule has 2 aliphatic rings. The van der Waals surface area contributed by atoms with Gasteiger partial charge in [-0.2, -0.15) is 0 Å². The highest BCUT2D eigenvalue weighted by Crippen LogP contribution is 2.26. The maximum atomic E-state index is 12.0. The van der Waals surface area contributed by atoms with Crippen molar-refractivity contribution in [2.24, 2.45) is 5.92 Å². The highest BCUT2D eigenvalue weighted by Gasteiger charge is 2.20. The average molecular weight is 349 g/mol. The summed E-state index contributed by atoms with van der Waals surface area (Å²) in [5, 5.41) is 0. The molecule has 1 aliphatic heterocycles. The number of nitrogens with zero attached hydrogens (tertiary/aromatic N) is 1. The molecule has 0 saturated heterocycles. The summed E-state index contributed by atoms with van der Waals surface area (Å²) in [6.45, 7) is 3.82. The molecule has 3 rings (SSSR count). The van der Waals surface area contributed by atoms with Crippen LogP contribution in [0.1, 0.15) is 6.42 Å². The lowest BCUT2D eigenvalue weighted by Gasteiger charge is -2.17. The second-order valence-corrected chi connectivity index (χ2v) is 5.84. The van der Waals surface area contributed by atoms with Crippen LogP contribution >= 0.6 is 0 Å². The third-order valence-corrected chi connectivity index (χ3v) is 4.05. The van der Waals surface area contributed by atoms with Crippen molar-refractivity contribution in [1.29, 1.82) is 0 Å². The van der Waals surface area contributed by atoms with Crippen LogP contribution < -0.4 is 9.64 Å². The van der Waals surface area contributed by atoms with Crippen molar-refractivity contribution in [1.82, 2.24) is 0 Å². The van der Waals surface area contributed by atoms with Gasteiger partial charge in [-0.25, -0.2) is 4.79 Å². The Bertz CT molecular complexity index is 825. The minimum absolute atomic E-state index is 0.142. The lowest BCUT2D eigenvalue weighted by Crippen LogP contribution is -2.22. The second-order valence-electron chi connectivity index (χ2n) is 5.84. The minimum atomic E-state index is -0.448. The molecule has 1 aromatic carbocycles. The van der Waals surface area contributed by atoms with E-state index in [2.05, 4.69) is 6.58 Å². The molecule has 1 amide bonds. The van der Waals surface area contributed by atoms with Gasteiger partial charge in [-0.3, -0.25) is 9.69 Å². The lowest BCUT2D eigenvalue weighted by molar-refractivity contribution is -0.129. The fourth-order valence-electron chi connectivity index (χ4n) is 2.68. The zero-order valence-electron chi connectivity index (χ0n) is 14.4. The molecule has 1 heterocycles. The van der Waals surface area contributed by atoms with Gasteiger partial charge in [0.2, 0.25) is 0 Å². The number of rotatable bonds is 5. The summed E-state index contributed by atoms with van der Waals surface area (Å²) in [5.41, 5.74) is 1.28. The molecular weight excluding hydrogens is 330 g/mol. The van der Waals surface area contributed by atoms with Crippen LogP contribution in [0.25, 0.3) is 0 Å². The van der Waals surface area contributed by atoms with Gasteiger partial charge in [0, 0.05) is 23.5 Å². The zero-order chi connectivity index (χ0) is 18.5. The van der Waals surface area contributed by atoms with E-state index in [1.54, 1.807) is 43.5 Å². The van der Waals surface area contributed by atoms with Crippen LogP contribution in [-0.2, 0) is 14.3 Å². The first-order valence-electron chi connectivity index (χ1n) is 8.20. The maximum Gasteiger partial charge on any atom is 0.335 e. The first kappa shape index (κ1) is 17.5. The number of carbonyl (C=O) groups is 2. The minimum Gasteiger partial charge on any atom is -0.497 e. The van der Waals surface area contributed by atoms with Crippen molar-refractivity contribution in [3.05, 3.63) is 84.8 Å². The van der Waals surface area contributed by atoms with Crippen molar-refractivity contribution in [2.45, 2.75) is 6.42 Å². The monoisotopic (exact) mass is 349 g/mol. The van der Waals surface area contributed by atoms with Crippen molar-refractivity contribution in [3.8, 4) is 5.75 Å². The smallest absolute Gasteiger partial charge is 0.335 e. The van der Waals surface area contributed by atoms with Gasteiger partial charge in [-0.1, -0.05) is 18.7 Å². The number of allylic oxidation sites excluding steroid dienone is 5. The van der Waals surface area contributed by atoms with Crippen molar-refractivity contribution in [2.75, 3.05) is 12.0 Å². The molecule has 0 fully saturated rings. The van der Waals surface area contributed by atoms with E-state index in [1.165, 1.54) is 17.1 Å². The Hall–Kier alpha value is -3.34. The van der Waals surface area contributed by atoms with Crippen LogP contribution in [-0.4, -0.2) is 19.0 Å². The van der Waals surface area contributed by atoms with Gasteiger partial charge in [-0.05, 0) is 54.8 Å². The number of benzene rings is 1. The standard InChI is InChI=1S/C21H19NO4/c1-15-3-13-20(23)22(15)17-7-11-19(12-8-17)26-21(24)14-6-16-4-9-18(25-2)10-5-16/h3-4,6-14,16H,1,5H2,2H3/b14-6+. The molecule has 0 aromatic heterocycles. The molecule has 5 heteroatoms. The van der Waals surface area contributed by atoms with Crippen LogP contribution in [0.5, 0.6) is 5.75 Å². The van der Waals surface area contributed by atoms with E-state index in [4.69, 9.17) is 9.47 Å². The molecule has 1 aromatic rings. The molecule has 0 saturated carbocycles. The Labute approximate surface area is 152 Å². The third kappa shape index (κ3) is 4.00. The molecular formula is C21H19NO4. The number of carbonyl (C=O) groups excluding carboxylic acids is 2. The van der Waals surface area contributed by atoms with Crippen LogP contribution in [0.3, 0.4) is 0 Å². The van der Waals surface area contributed by atoms with E-state index in [9.17, 15) is 9.59 Å². The molecule has 1 unspecified atom stereocenters. The summed E-state index contributed by atoms with van der Waals surface area (Å²) in [6.07, 6.45) is 13.0.